The molecule has 2 aliphatic heterocycles. The predicted molar refractivity (Wildman–Crippen MR) is 123 cm³/mol. The normalized spacial score (nSPS) is 22.4. The lowest BCUT2D eigenvalue weighted by Crippen LogP contribution is -2.41. The summed E-state index contributed by atoms with van der Waals surface area (Å²) in [6, 6.07) is 7.05. The Morgan fingerprint density at radius 2 is 1.94 bits per heavy atom. The Bertz CT molecular complexity index is 1090. The summed E-state index contributed by atoms with van der Waals surface area (Å²) in [5.41, 5.74) is 1.73. The summed E-state index contributed by atoms with van der Waals surface area (Å²) in [6.07, 6.45) is 5.13. The van der Waals surface area contributed by atoms with E-state index < -0.39 is 10.0 Å². The molecule has 0 bridgehead atoms. The number of fused-ring (bicyclic) bond motifs is 1. The first-order valence-corrected chi connectivity index (χ1v) is 13.5. The molecule has 1 aliphatic carbocycles. The van der Waals surface area contributed by atoms with Crippen molar-refractivity contribution in [2.45, 2.75) is 43.0 Å². The highest BCUT2D eigenvalue weighted by molar-refractivity contribution is 7.89. The number of anilines is 1. The number of hydrogen-bond donors (Lipinski definition) is 1. The number of sulfonamides is 1. The topological polar surface area (TPSA) is 69.7 Å². The van der Waals surface area contributed by atoms with E-state index in [0.29, 0.717) is 35.8 Å². The smallest absolute Gasteiger partial charge is 0.243 e. The summed E-state index contributed by atoms with van der Waals surface area (Å²) >= 11 is 8.11. The molecule has 1 N–H and O–H groups in total. The minimum absolute atomic E-state index is 0.165. The molecule has 5 rings (SSSR count). The van der Waals surface area contributed by atoms with Gasteiger partial charge in [0.2, 0.25) is 15.9 Å². The van der Waals surface area contributed by atoms with Gasteiger partial charge >= 0.3 is 0 Å². The molecule has 31 heavy (non-hydrogen) atoms. The molecule has 1 saturated carbocycles. The molecule has 3 aliphatic rings. The van der Waals surface area contributed by atoms with Gasteiger partial charge in [0, 0.05) is 30.6 Å². The van der Waals surface area contributed by atoms with Crippen LogP contribution in [0, 0.1) is 5.92 Å². The summed E-state index contributed by atoms with van der Waals surface area (Å²) in [4.78, 5) is 16.8. The number of nitrogens with one attached hydrogen (secondary N) is 1. The fourth-order valence-corrected chi connectivity index (χ4v) is 7.37. The van der Waals surface area contributed by atoms with Crippen LogP contribution in [0.25, 0.3) is 0 Å². The Hall–Kier alpha value is -1.45. The van der Waals surface area contributed by atoms with Crippen molar-refractivity contribution in [3.05, 3.63) is 45.1 Å². The van der Waals surface area contributed by atoms with E-state index in [-0.39, 0.29) is 17.3 Å². The first-order valence-electron chi connectivity index (χ1n) is 10.8. The fraction of sp³-hybridized carbons (Fsp3) is 0.500. The second-order valence-electron chi connectivity index (χ2n) is 8.60. The van der Waals surface area contributed by atoms with Gasteiger partial charge in [0.15, 0.2) is 0 Å². The van der Waals surface area contributed by atoms with Crippen molar-refractivity contribution in [2.75, 3.05) is 31.5 Å². The van der Waals surface area contributed by atoms with Crippen molar-refractivity contribution < 1.29 is 13.2 Å². The summed E-state index contributed by atoms with van der Waals surface area (Å²) in [6.45, 7) is 2.21. The van der Waals surface area contributed by atoms with E-state index in [9.17, 15) is 13.2 Å². The number of benzene rings is 1. The molecule has 1 amide bonds. The van der Waals surface area contributed by atoms with Gasteiger partial charge in [-0.2, -0.15) is 4.31 Å². The van der Waals surface area contributed by atoms with Crippen LogP contribution in [0.15, 0.2) is 34.5 Å². The van der Waals surface area contributed by atoms with Gasteiger partial charge in [0.1, 0.15) is 0 Å². The maximum absolute atomic E-state index is 12.9. The molecule has 0 spiro atoms. The number of carbonyl (C=O) groups excluding carboxylic acids is 1. The van der Waals surface area contributed by atoms with Gasteiger partial charge in [0.05, 0.1) is 22.2 Å². The van der Waals surface area contributed by atoms with Crippen molar-refractivity contribution in [3.8, 4) is 0 Å². The number of carbonyl (C=O) groups is 1. The highest BCUT2D eigenvalue weighted by Crippen LogP contribution is 2.48. The van der Waals surface area contributed by atoms with E-state index in [4.69, 9.17) is 11.6 Å². The zero-order valence-corrected chi connectivity index (χ0v) is 19.6. The van der Waals surface area contributed by atoms with Crippen LogP contribution in [-0.4, -0.2) is 49.7 Å². The molecular weight excluding hydrogens is 454 g/mol. The van der Waals surface area contributed by atoms with Crippen LogP contribution >= 0.6 is 22.9 Å². The van der Waals surface area contributed by atoms with Crippen molar-refractivity contribution in [1.82, 2.24) is 9.21 Å². The monoisotopic (exact) mass is 479 g/mol. The van der Waals surface area contributed by atoms with Crippen LogP contribution in [-0.2, 0) is 21.2 Å². The summed E-state index contributed by atoms with van der Waals surface area (Å²) < 4.78 is 27.3. The number of hydrogen-bond acceptors (Lipinski definition) is 5. The molecule has 1 aromatic carbocycles. The van der Waals surface area contributed by atoms with Crippen LogP contribution in [0.3, 0.4) is 0 Å². The Kier molecular flexibility index (Phi) is 5.85. The molecule has 6 nitrogen and oxygen atoms in total. The molecule has 1 saturated heterocycles. The van der Waals surface area contributed by atoms with E-state index in [1.807, 2.05) is 11.3 Å². The molecule has 2 fully saturated rings. The van der Waals surface area contributed by atoms with Gasteiger partial charge < -0.3 is 5.32 Å². The number of halogens is 1. The Balaban J connectivity index is 1.31. The summed E-state index contributed by atoms with van der Waals surface area (Å²) in [5.74, 6) is 0.459. The molecule has 1 atom stereocenters. The molecule has 0 radical (unpaired) electrons. The SMILES string of the molecule is O=C(CN1CCc2sccc2[C@@H]1C1CC1)Nc1cc(S(=O)(=O)N2CCCC2)ccc1Cl. The number of amides is 1. The van der Waals surface area contributed by atoms with Gasteiger partial charge in [-0.25, -0.2) is 8.42 Å². The molecule has 0 unspecified atom stereocenters. The summed E-state index contributed by atoms with van der Waals surface area (Å²) in [7, 11) is -3.57. The molecule has 3 heterocycles. The molecule has 9 heteroatoms. The lowest BCUT2D eigenvalue weighted by molar-refractivity contribution is -0.118. The van der Waals surface area contributed by atoms with E-state index in [1.165, 1.54) is 39.7 Å². The van der Waals surface area contributed by atoms with Gasteiger partial charge in [-0.1, -0.05) is 11.6 Å². The first-order chi connectivity index (χ1) is 14.9. The number of thiophene rings is 1. The second-order valence-corrected chi connectivity index (χ2v) is 11.9. The van der Waals surface area contributed by atoms with E-state index in [0.717, 1.165) is 25.8 Å². The lowest BCUT2D eigenvalue weighted by atomic mass is 9.96. The lowest BCUT2D eigenvalue weighted by Gasteiger charge is -2.35. The van der Waals surface area contributed by atoms with E-state index >= 15 is 0 Å². The molecule has 2 aromatic rings. The van der Waals surface area contributed by atoms with Crippen LogP contribution in [0.4, 0.5) is 5.69 Å². The Morgan fingerprint density at radius 3 is 2.68 bits per heavy atom. The Morgan fingerprint density at radius 1 is 1.16 bits per heavy atom. The second kappa shape index (κ2) is 8.48. The minimum atomic E-state index is -3.57. The van der Waals surface area contributed by atoms with Gasteiger partial charge in [-0.3, -0.25) is 9.69 Å². The average molecular weight is 480 g/mol. The number of rotatable bonds is 6. The predicted octanol–water partition coefficient (Wildman–Crippen LogP) is 4.13. The first kappa shape index (κ1) is 21.4. The quantitative estimate of drug-likeness (QED) is 0.676. The van der Waals surface area contributed by atoms with Crippen molar-refractivity contribution >= 4 is 44.6 Å². The van der Waals surface area contributed by atoms with Gasteiger partial charge in [-0.05, 0) is 73.2 Å². The van der Waals surface area contributed by atoms with Crippen molar-refractivity contribution in [1.29, 1.82) is 0 Å². The van der Waals surface area contributed by atoms with Crippen LogP contribution < -0.4 is 5.32 Å². The van der Waals surface area contributed by atoms with Crippen LogP contribution in [0.5, 0.6) is 0 Å². The minimum Gasteiger partial charge on any atom is -0.324 e. The Labute approximate surface area is 192 Å². The number of nitrogens with zero attached hydrogens (tertiary/aromatic N) is 2. The third-order valence-corrected chi connectivity index (χ3v) is 9.67. The highest BCUT2D eigenvalue weighted by atomic mass is 35.5. The molecule has 166 valence electrons. The van der Waals surface area contributed by atoms with E-state index in [2.05, 4.69) is 21.7 Å². The van der Waals surface area contributed by atoms with Crippen LogP contribution in [0.1, 0.15) is 42.2 Å². The van der Waals surface area contributed by atoms with Crippen molar-refractivity contribution in [2.24, 2.45) is 5.92 Å². The standard InChI is InChI=1S/C22H26ClN3O3S2/c23-18-6-5-16(31(28,29)26-9-1-2-10-26)13-19(18)24-21(27)14-25-11-7-20-17(8-12-30-20)22(25)15-3-4-15/h5-6,8,12-13,15,22H,1-4,7,9-11,14H2,(H,24,27)/t22-/m0/s1. The van der Waals surface area contributed by atoms with E-state index in [1.54, 1.807) is 6.07 Å². The highest BCUT2D eigenvalue weighted by Gasteiger charge is 2.40. The summed E-state index contributed by atoms with van der Waals surface area (Å²) in [5, 5.41) is 5.35. The maximum atomic E-state index is 12.9. The van der Waals surface area contributed by atoms with Gasteiger partial charge in [0.25, 0.3) is 0 Å². The maximum Gasteiger partial charge on any atom is 0.243 e. The third-order valence-electron chi connectivity index (χ3n) is 6.45. The fourth-order valence-electron chi connectivity index (χ4n) is 4.75. The zero-order valence-electron chi connectivity index (χ0n) is 17.2. The zero-order chi connectivity index (χ0) is 21.6. The molecular formula is C22H26ClN3O3S2. The van der Waals surface area contributed by atoms with Crippen molar-refractivity contribution in [3.63, 3.8) is 0 Å². The largest absolute Gasteiger partial charge is 0.324 e. The third kappa shape index (κ3) is 4.28. The van der Waals surface area contributed by atoms with Crippen LogP contribution in [0.2, 0.25) is 5.02 Å². The van der Waals surface area contributed by atoms with Gasteiger partial charge in [-0.15, -0.1) is 11.3 Å². The molecule has 1 aromatic heterocycles. The average Bonchev–Trinajstić information content (AvgIpc) is 3.22.